The summed E-state index contributed by atoms with van der Waals surface area (Å²) in [5.41, 5.74) is 1.21. The van der Waals surface area contributed by atoms with Crippen LogP contribution >= 0.6 is 15.9 Å². The number of nitrogens with one attached hydrogen (secondary N) is 1. The van der Waals surface area contributed by atoms with Gasteiger partial charge in [0, 0.05) is 16.9 Å². The fourth-order valence-electron chi connectivity index (χ4n) is 3.11. The van der Waals surface area contributed by atoms with Crippen molar-refractivity contribution in [1.29, 1.82) is 0 Å². The zero-order valence-electron chi connectivity index (χ0n) is 12.2. The maximum Gasteiger partial charge on any atom is 0.220 e. The van der Waals surface area contributed by atoms with Crippen molar-refractivity contribution in [2.24, 2.45) is 5.92 Å². The Morgan fingerprint density at radius 3 is 2.80 bits per heavy atom. The predicted octanol–water partition coefficient (Wildman–Crippen LogP) is 4.47. The first kappa shape index (κ1) is 15.6. The van der Waals surface area contributed by atoms with Crippen LogP contribution < -0.4 is 5.32 Å². The second kappa shape index (κ2) is 7.82. The van der Waals surface area contributed by atoms with Crippen molar-refractivity contribution in [2.75, 3.05) is 0 Å². The minimum atomic E-state index is 0.200. The quantitative estimate of drug-likeness (QED) is 0.843. The van der Waals surface area contributed by atoms with Crippen LogP contribution in [0.15, 0.2) is 28.7 Å². The van der Waals surface area contributed by atoms with Gasteiger partial charge in [-0.15, -0.1) is 0 Å². The van der Waals surface area contributed by atoms with E-state index in [0.717, 1.165) is 17.3 Å². The topological polar surface area (TPSA) is 29.1 Å². The summed E-state index contributed by atoms with van der Waals surface area (Å²) in [7, 11) is 0. The number of carbonyl (C=O) groups is 1. The zero-order valence-corrected chi connectivity index (χ0v) is 13.8. The van der Waals surface area contributed by atoms with Crippen LogP contribution in [0.3, 0.4) is 0 Å². The molecule has 0 bridgehead atoms. The van der Waals surface area contributed by atoms with Crippen LogP contribution in [0.1, 0.15) is 51.0 Å². The van der Waals surface area contributed by atoms with Crippen molar-refractivity contribution in [3.8, 4) is 0 Å². The van der Waals surface area contributed by atoms with Crippen molar-refractivity contribution in [3.63, 3.8) is 0 Å². The highest BCUT2D eigenvalue weighted by atomic mass is 79.9. The minimum absolute atomic E-state index is 0.200. The summed E-state index contributed by atoms with van der Waals surface area (Å²) in [6.45, 7) is 2.23. The number of carbonyl (C=O) groups excluding carboxylic acids is 1. The van der Waals surface area contributed by atoms with Gasteiger partial charge in [0.05, 0.1) is 0 Å². The van der Waals surface area contributed by atoms with Gasteiger partial charge in [0.15, 0.2) is 0 Å². The van der Waals surface area contributed by atoms with E-state index in [9.17, 15) is 4.79 Å². The van der Waals surface area contributed by atoms with Crippen LogP contribution in [0, 0.1) is 5.92 Å². The Morgan fingerprint density at radius 2 is 2.05 bits per heavy atom. The molecule has 0 aromatic heterocycles. The number of hydrogen-bond donors (Lipinski definition) is 1. The highest BCUT2D eigenvalue weighted by molar-refractivity contribution is 9.10. The number of amides is 1. The fraction of sp³-hybridized carbons (Fsp3) is 0.588. The van der Waals surface area contributed by atoms with Crippen molar-refractivity contribution < 1.29 is 4.79 Å². The summed E-state index contributed by atoms with van der Waals surface area (Å²) in [6.07, 6.45) is 7.56. The molecule has 1 aliphatic rings. The molecule has 0 saturated heterocycles. The van der Waals surface area contributed by atoms with Gasteiger partial charge in [-0.25, -0.2) is 0 Å². The van der Waals surface area contributed by atoms with E-state index < -0.39 is 0 Å². The van der Waals surface area contributed by atoms with Gasteiger partial charge in [-0.2, -0.15) is 0 Å². The third kappa shape index (κ3) is 4.34. The van der Waals surface area contributed by atoms with Crippen LogP contribution in [0.5, 0.6) is 0 Å². The maximum absolute atomic E-state index is 12.1. The predicted molar refractivity (Wildman–Crippen MR) is 86.6 cm³/mol. The summed E-state index contributed by atoms with van der Waals surface area (Å²) < 4.78 is 1.09. The molecule has 1 saturated carbocycles. The Morgan fingerprint density at radius 1 is 1.30 bits per heavy atom. The molecular weight excluding hydrogens is 314 g/mol. The summed E-state index contributed by atoms with van der Waals surface area (Å²) in [6, 6.07) is 8.53. The molecule has 3 heteroatoms. The molecule has 0 radical (unpaired) electrons. The smallest absolute Gasteiger partial charge is 0.220 e. The Labute approximate surface area is 130 Å². The van der Waals surface area contributed by atoms with Gasteiger partial charge in [-0.1, -0.05) is 60.3 Å². The molecule has 110 valence electrons. The Kier molecular flexibility index (Phi) is 6.08. The molecule has 2 rings (SSSR count). The number of rotatable bonds is 5. The van der Waals surface area contributed by atoms with Crippen LogP contribution in [-0.4, -0.2) is 11.9 Å². The first-order valence-electron chi connectivity index (χ1n) is 7.73. The van der Waals surface area contributed by atoms with Crippen molar-refractivity contribution in [1.82, 2.24) is 5.32 Å². The monoisotopic (exact) mass is 337 g/mol. The van der Waals surface area contributed by atoms with Gasteiger partial charge >= 0.3 is 0 Å². The molecule has 0 spiro atoms. The summed E-state index contributed by atoms with van der Waals surface area (Å²) in [5.74, 6) is 0.877. The number of hydrogen-bond acceptors (Lipinski definition) is 1. The summed E-state index contributed by atoms with van der Waals surface area (Å²) >= 11 is 3.53. The first-order chi connectivity index (χ1) is 9.70. The molecule has 1 aromatic carbocycles. The molecule has 0 heterocycles. The van der Waals surface area contributed by atoms with Crippen LogP contribution in [-0.2, 0) is 11.2 Å². The van der Waals surface area contributed by atoms with Crippen molar-refractivity contribution >= 4 is 21.8 Å². The van der Waals surface area contributed by atoms with E-state index >= 15 is 0 Å². The van der Waals surface area contributed by atoms with E-state index in [1.807, 2.05) is 18.2 Å². The molecule has 0 aliphatic heterocycles. The summed E-state index contributed by atoms with van der Waals surface area (Å²) in [4.78, 5) is 12.1. The third-order valence-corrected chi connectivity index (χ3v) is 5.13. The fourth-order valence-corrected chi connectivity index (χ4v) is 3.60. The molecule has 2 unspecified atom stereocenters. The van der Waals surface area contributed by atoms with Crippen molar-refractivity contribution in [2.45, 2.75) is 57.9 Å². The molecule has 20 heavy (non-hydrogen) atoms. The van der Waals surface area contributed by atoms with E-state index in [-0.39, 0.29) is 5.91 Å². The molecule has 2 nitrogen and oxygen atoms in total. The maximum atomic E-state index is 12.1. The lowest BCUT2D eigenvalue weighted by Crippen LogP contribution is -2.42. The normalized spacial score (nSPS) is 22.5. The lowest BCUT2D eigenvalue weighted by Gasteiger charge is -2.31. The SMILES string of the molecule is CCC1CCCCC1NC(=O)CCc1ccccc1Br. The standard InChI is InChI=1S/C17H24BrNO/c1-2-13-7-4-6-10-16(13)19-17(20)12-11-14-8-3-5-9-15(14)18/h3,5,8-9,13,16H,2,4,6-7,10-12H2,1H3,(H,19,20). The number of benzene rings is 1. The average molecular weight is 338 g/mol. The third-order valence-electron chi connectivity index (χ3n) is 4.36. The Hall–Kier alpha value is -0.830. The molecule has 2 atom stereocenters. The van der Waals surface area contributed by atoms with Crippen molar-refractivity contribution in [3.05, 3.63) is 34.3 Å². The van der Waals surface area contributed by atoms with Gasteiger partial charge in [0.1, 0.15) is 0 Å². The first-order valence-corrected chi connectivity index (χ1v) is 8.52. The average Bonchev–Trinajstić information content (AvgIpc) is 2.47. The van der Waals surface area contributed by atoms with Gasteiger partial charge in [-0.3, -0.25) is 4.79 Å². The lowest BCUT2D eigenvalue weighted by atomic mass is 9.83. The van der Waals surface area contributed by atoms with Crippen LogP contribution in [0.2, 0.25) is 0 Å². The molecule has 1 aliphatic carbocycles. The highest BCUT2D eigenvalue weighted by Gasteiger charge is 2.24. The molecule has 1 amide bonds. The zero-order chi connectivity index (χ0) is 14.4. The Bertz CT molecular complexity index is 446. The van der Waals surface area contributed by atoms with Gasteiger partial charge in [0.25, 0.3) is 0 Å². The largest absolute Gasteiger partial charge is 0.353 e. The Balaban J connectivity index is 1.82. The molecule has 1 aromatic rings. The minimum Gasteiger partial charge on any atom is -0.353 e. The summed E-state index contributed by atoms with van der Waals surface area (Å²) in [5, 5.41) is 3.26. The van der Waals surface area contributed by atoms with Gasteiger partial charge < -0.3 is 5.32 Å². The van der Waals surface area contributed by atoms with Gasteiger partial charge in [0.2, 0.25) is 5.91 Å². The van der Waals surface area contributed by atoms with Gasteiger partial charge in [-0.05, 0) is 36.8 Å². The molecular formula is C17H24BrNO. The highest BCUT2D eigenvalue weighted by Crippen LogP contribution is 2.27. The van der Waals surface area contributed by atoms with E-state index in [4.69, 9.17) is 0 Å². The second-order valence-electron chi connectivity index (χ2n) is 5.72. The van der Waals surface area contributed by atoms with E-state index in [2.05, 4.69) is 34.2 Å². The number of aryl methyl sites for hydroxylation is 1. The van der Waals surface area contributed by atoms with E-state index in [1.165, 1.54) is 31.2 Å². The molecule has 1 fully saturated rings. The van der Waals surface area contributed by atoms with Crippen LogP contribution in [0.25, 0.3) is 0 Å². The van der Waals surface area contributed by atoms with Crippen LogP contribution in [0.4, 0.5) is 0 Å². The van der Waals surface area contributed by atoms with E-state index in [0.29, 0.717) is 18.4 Å². The second-order valence-corrected chi connectivity index (χ2v) is 6.57. The lowest BCUT2D eigenvalue weighted by molar-refractivity contribution is -0.122. The number of halogens is 1. The molecule has 1 N–H and O–H groups in total. The van der Waals surface area contributed by atoms with E-state index in [1.54, 1.807) is 0 Å².